The summed E-state index contributed by atoms with van der Waals surface area (Å²) in [5.74, 6) is -0.375. The molecule has 0 unspecified atom stereocenters. The molecule has 6 nitrogen and oxygen atoms in total. The molecule has 0 radical (unpaired) electrons. The highest BCUT2D eigenvalue weighted by Gasteiger charge is 2.29. The Morgan fingerprint density at radius 2 is 1.64 bits per heavy atom. The molecule has 1 amide bonds. The van der Waals surface area contributed by atoms with Crippen LogP contribution < -0.4 is 5.32 Å². The van der Waals surface area contributed by atoms with Gasteiger partial charge in [-0.3, -0.25) is 4.79 Å². The van der Waals surface area contributed by atoms with E-state index in [1.807, 2.05) is 20.0 Å². The number of benzene rings is 2. The summed E-state index contributed by atoms with van der Waals surface area (Å²) < 4.78 is 27.7. The molecule has 1 aliphatic heterocycles. The van der Waals surface area contributed by atoms with Crippen molar-refractivity contribution in [1.82, 2.24) is 9.21 Å². The van der Waals surface area contributed by atoms with Crippen LogP contribution in [0.15, 0.2) is 41.3 Å². The van der Waals surface area contributed by atoms with Crippen molar-refractivity contribution in [2.75, 3.05) is 38.5 Å². The fraction of sp³-hybridized carbons (Fsp3) is 0.350. The number of hydrogen-bond donors (Lipinski definition) is 1. The van der Waals surface area contributed by atoms with Crippen molar-refractivity contribution in [2.45, 2.75) is 18.7 Å². The number of carbonyl (C=O) groups is 1. The van der Waals surface area contributed by atoms with Gasteiger partial charge >= 0.3 is 0 Å². The minimum atomic E-state index is -3.65. The van der Waals surface area contributed by atoms with Gasteiger partial charge in [-0.1, -0.05) is 23.7 Å². The van der Waals surface area contributed by atoms with Crippen LogP contribution in [-0.2, 0) is 10.0 Å². The predicted octanol–water partition coefficient (Wildman–Crippen LogP) is 3.15. The van der Waals surface area contributed by atoms with Crippen LogP contribution in [0.5, 0.6) is 0 Å². The molecule has 0 aromatic heterocycles. The normalized spacial score (nSPS) is 16.1. The van der Waals surface area contributed by atoms with Gasteiger partial charge in [0.05, 0.1) is 4.90 Å². The summed E-state index contributed by atoms with van der Waals surface area (Å²) in [6.45, 7) is 5.86. The van der Waals surface area contributed by atoms with E-state index in [1.54, 1.807) is 31.2 Å². The number of aryl methyl sites for hydroxylation is 2. The lowest BCUT2D eigenvalue weighted by Gasteiger charge is -2.32. The number of hydrogen-bond acceptors (Lipinski definition) is 4. The predicted molar refractivity (Wildman–Crippen MR) is 112 cm³/mol. The SMILES string of the molecule is Cc1ccc(Cl)cc1NC(=O)c1ccc(C)c(S(=O)(=O)N2CCN(C)CC2)c1. The number of rotatable bonds is 4. The van der Waals surface area contributed by atoms with E-state index >= 15 is 0 Å². The van der Waals surface area contributed by atoms with Crippen LogP contribution in [0.4, 0.5) is 5.69 Å². The summed E-state index contributed by atoms with van der Waals surface area (Å²) in [5, 5.41) is 3.33. The minimum Gasteiger partial charge on any atom is -0.322 e. The number of sulfonamides is 1. The van der Waals surface area contributed by atoms with E-state index in [0.717, 1.165) is 5.56 Å². The molecule has 1 N–H and O–H groups in total. The molecule has 150 valence electrons. The average molecular weight is 422 g/mol. The Morgan fingerprint density at radius 1 is 1.00 bits per heavy atom. The monoisotopic (exact) mass is 421 g/mol. The Labute approximate surface area is 171 Å². The van der Waals surface area contributed by atoms with Crippen LogP contribution in [0.25, 0.3) is 0 Å². The van der Waals surface area contributed by atoms with E-state index in [-0.39, 0.29) is 16.4 Å². The molecule has 2 aromatic carbocycles. The van der Waals surface area contributed by atoms with E-state index < -0.39 is 10.0 Å². The lowest BCUT2D eigenvalue weighted by molar-refractivity contribution is 0.102. The third-order valence-electron chi connectivity index (χ3n) is 4.98. The molecule has 1 saturated heterocycles. The molecule has 2 aromatic rings. The molecular weight excluding hydrogens is 398 g/mol. The third kappa shape index (κ3) is 4.38. The molecular formula is C20H24ClN3O3S. The van der Waals surface area contributed by atoms with Crippen LogP contribution in [0.2, 0.25) is 5.02 Å². The Morgan fingerprint density at radius 3 is 2.32 bits per heavy atom. The zero-order valence-electron chi connectivity index (χ0n) is 16.2. The van der Waals surface area contributed by atoms with Gasteiger partial charge < -0.3 is 10.2 Å². The van der Waals surface area contributed by atoms with Gasteiger partial charge in [-0.05, 0) is 56.3 Å². The Bertz CT molecular complexity index is 1000. The van der Waals surface area contributed by atoms with Crippen molar-refractivity contribution in [3.8, 4) is 0 Å². The van der Waals surface area contributed by atoms with E-state index in [2.05, 4.69) is 10.2 Å². The van der Waals surface area contributed by atoms with E-state index in [9.17, 15) is 13.2 Å². The van der Waals surface area contributed by atoms with Gasteiger partial charge in [-0.25, -0.2) is 8.42 Å². The Balaban J connectivity index is 1.88. The van der Waals surface area contributed by atoms with Crippen molar-refractivity contribution < 1.29 is 13.2 Å². The maximum atomic E-state index is 13.1. The minimum absolute atomic E-state index is 0.174. The van der Waals surface area contributed by atoms with Crippen molar-refractivity contribution in [2.24, 2.45) is 0 Å². The van der Waals surface area contributed by atoms with Crippen molar-refractivity contribution in [3.05, 3.63) is 58.1 Å². The zero-order valence-corrected chi connectivity index (χ0v) is 17.8. The lowest BCUT2D eigenvalue weighted by Crippen LogP contribution is -2.47. The summed E-state index contributed by atoms with van der Waals surface area (Å²) in [7, 11) is -1.68. The maximum Gasteiger partial charge on any atom is 0.255 e. The van der Waals surface area contributed by atoms with Gasteiger partial charge in [-0.15, -0.1) is 0 Å². The first-order valence-electron chi connectivity index (χ1n) is 9.05. The van der Waals surface area contributed by atoms with E-state index in [4.69, 9.17) is 11.6 Å². The summed E-state index contributed by atoms with van der Waals surface area (Å²) in [4.78, 5) is 15.0. The Hall–Kier alpha value is -1.93. The number of likely N-dealkylation sites (N-methyl/N-ethyl adjacent to an activating group) is 1. The number of anilines is 1. The molecule has 1 heterocycles. The molecule has 1 fully saturated rings. The number of amides is 1. The fourth-order valence-electron chi connectivity index (χ4n) is 3.11. The highest BCUT2D eigenvalue weighted by atomic mass is 35.5. The van der Waals surface area contributed by atoms with Crippen molar-refractivity contribution in [3.63, 3.8) is 0 Å². The van der Waals surface area contributed by atoms with Gasteiger partial charge in [0.2, 0.25) is 10.0 Å². The zero-order chi connectivity index (χ0) is 20.5. The topological polar surface area (TPSA) is 69.7 Å². The first-order valence-corrected chi connectivity index (χ1v) is 10.9. The Kier molecular flexibility index (Phi) is 6.09. The standard InChI is InChI=1S/C20H24ClN3O3S/c1-14-5-7-17(21)13-18(14)22-20(25)16-6-4-15(2)19(12-16)28(26,27)24-10-8-23(3)9-11-24/h4-7,12-13H,8-11H2,1-3H3,(H,22,25). The quantitative estimate of drug-likeness (QED) is 0.823. The highest BCUT2D eigenvalue weighted by Crippen LogP contribution is 2.24. The van der Waals surface area contributed by atoms with Crippen LogP contribution in [0.1, 0.15) is 21.5 Å². The largest absolute Gasteiger partial charge is 0.322 e. The first kappa shape index (κ1) is 20.8. The van der Waals surface area contributed by atoms with Crippen LogP contribution in [-0.4, -0.2) is 56.8 Å². The molecule has 0 saturated carbocycles. The average Bonchev–Trinajstić information content (AvgIpc) is 2.65. The summed E-state index contributed by atoms with van der Waals surface area (Å²) in [5.41, 5.74) is 2.38. The van der Waals surface area contributed by atoms with Crippen LogP contribution in [0, 0.1) is 13.8 Å². The first-order chi connectivity index (χ1) is 13.2. The van der Waals surface area contributed by atoms with E-state index in [0.29, 0.717) is 42.5 Å². The van der Waals surface area contributed by atoms with Crippen molar-refractivity contribution in [1.29, 1.82) is 0 Å². The van der Waals surface area contributed by atoms with Crippen molar-refractivity contribution >= 4 is 33.2 Å². The molecule has 0 spiro atoms. The van der Waals surface area contributed by atoms with Gasteiger partial charge in [0.25, 0.3) is 5.91 Å². The lowest BCUT2D eigenvalue weighted by atomic mass is 10.1. The molecule has 0 bridgehead atoms. The summed E-state index contributed by atoms with van der Waals surface area (Å²) in [6, 6.07) is 9.99. The second-order valence-corrected chi connectivity index (χ2v) is 9.44. The summed E-state index contributed by atoms with van der Waals surface area (Å²) >= 11 is 6.01. The van der Waals surface area contributed by atoms with Crippen LogP contribution >= 0.6 is 11.6 Å². The number of halogens is 1. The van der Waals surface area contributed by atoms with Gasteiger partial charge in [0.15, 0.2) is 0 Å². The second-order valence-electron chi connectivity index (χ2n) is 7.10. The van der Waals surface area contributed by atoms with Gasteiger partial charge in [0.1, 0.15) is 0 Å². The fourth-order valence-corrected chi connectivity index (χ4v) is 4.96. The number of carbonyl (C=O) groups excluding carboxylic acids is 1. The number of nitrogens with one attached hydrogen (secondary N) is 1. The number of nitrogens with zero attached hydrogens (tertiary/aromatic N) is 2. The van der Waals surface area contributed by atoms with Crippen LogP contribution in [0.3, 0.4) is 0 Å². The second kappa shape index (κ2) is 8.21. The molecule has 0 aliphatic carbocycles. The third-order valence-corrected chi connectivity index (χ3v) is 7.25. The maximum absolute atomic E-state index is 13.1. The molecule has 1 aliphatic rings. The molecule has 3 rings (SSSR count). The molecule has 28 heavy (non-hydrogen) atoms. The highest BCUT2D eigenvalue weighted by molar-refractivity contribution is 7.89. The van der Waals surface area contributed by atoms with E-state index in [1.165, 1.54) is 10.4 Å². The molecule has 8 heteroatoms. The van der Waals surface area contributed by atoms with Gasteiger partial charge in [-0.2, -0.15) is 4.31 Å². The number of piperazine rings is 1. The smallest absolute Gasteiger partial charge is 0.255 e. The molecule has 0 atom stereocenters. The van der Waals surface area contributed by atoms with Gasteiger partial charge in [0, 0.05) is 42.5 Å². The summed E-state index contributed by atoms with van der Waals surface area (Å²) in [6.07, 6.45) is 0.